The van der Waals surface area contributed by atoms with Crippen LogP contribution in [-0.2, 0) is 0 Å². The van der Waals surface area contributed by atoms with E-state index in [-0.39, 0.29) is 11.7 Å². The summed E-state index contributed by atoms with van der Waals surface area (Å²) >= 11 is 0. The van der Waals surface area contributed by atoms with Crippen LogP contribution in [-0.4, -0.2) is 61.0 Å². The maximum absolute atomic E-state index is 13.3. The standard InChI is InChI=1S/C29H28FN3O3/c1-36-28-9-5-4-8-26(28)32-18-16-31(17-19-32)15-14-27(34)24-20-33(25-7-3-2-6-23(24)25)29(35)21-10-12-22(30)13-11-21/h2-13,20H,14-19H2,1H3. The molecular formula is C29H28FN3O3. The van der Waals surface area contributed by atoms with Crippen LogP contribution in [0.3, 0.4) is 0 Å². The molecule has 1 fully saturated rings. The van der Waals surface area contributed by atoms with E-state index in [4.69, 9.17) is 4.74 Å². The highest BCUT2D eigenvalue weighted by Crippen LogP contribution is 2.28. The summed E-state index contributed by atoms with van der Waals surface area (Å²) in [5.74, 6) is 0.179. The number of carbonyl (C=O) groups is 2. The summed E-state index contributed by atoms with van der Waals surface area (Å²) in [7, 11) is 1.69. The van der Waals surface area contributed by atoms with Gasteiger partial charge in [0.05, 0.1) is 18.3 Å². The third kappa shape index (κ3) is 4.75. The van der Waals surface area contributed by atoms with Crippen molar-refractivity contribution in [3.63, 3.8) is 0 Å². The van der Waals surface area contributed by atoms with Crippen molar-refractivity contribution in [3.8, 4) is 5.75 Å². The van der Waals surface area contributed by atoms with E-state index in [2.05, 4.69) is 15.9 Å². The van der Waals surface area contributed by atoms with E-state index in [1.165, 1.54) is 28.8 Å². The van der Waals surface area contributed by atoms with Crippen molar-refractivity contribution in [1.82, 2.24) is 9.47 Å². The van der Waals surface area contributed by atoms with Gasteiger partial charge in [0.1, 0.15) is 11.6 Å². The second kappa shape index (κ2) is 10.3. The minimum atomic E-state index is -0.400. The van der Waals surface area contributed by atoms with E-state index in [1.807, 2.05) is 42.5 Å². The summed E-state index contributed by atoms with van der Waals surface area (Å²) in [6, 6.07) is 20.9. The van der Waals surface area contributed by atoms with Crippen molar-refractivity contribution < 1.29 is 18.7 Å². The Morgan fingerprint density at radius 2 is 1.58 bits per heavy atom. The average Bonchev–Trinajstić information content (AvgIpc) is 3.32. The summed E-state index contributed by atoms with van der Waals surface area (Å²) in [6.07, 6.45) is 1.99. The van der Waals surface area contributed by atoms with Gasteiger partial charge in [-0.15, -0.1) is 0 Å². The molecule has 3 aromatic carbocycles. The largest absolute Gasteiger partial charge is 0.495 e. The molecule has 1 aromatic heterocycles. The SMILES string of the molecule is COc1ccccc1N1CCN(CCC(=O)c2cn(C(=O)c3ccc(F)cc3)c3ccccc23)CC1. The zero-order valence-electron chi connectivity index (χ0n) is 20.2. The molecule has 6 nitrogen and oxygen atoms in total. The van der Waals surface area contributed by atoms with Gasteiger partial charge in [-0.3, -0.25) is 19.1 Å². The highest BCUT2D eigenvalue weighted by atomic mass is 19.1. The van der Waals surface area contributed by atoms with E-state index in [0.717, 1.165) is 43.0 Å². The third-order valence-corrected chi connectivity index (χ3v) is 6.78. The Bertz CT molecular complexity index is 1390. The Morgan fingerprint density at radius 1 is 0.889 bits per heavy atom. The van der Waals surface area contributed by atoms with Crippen molar-refractivity contribution in [3.05, 3.63) is 95.9 Å². The van der Waals surface area contributed by atoms with E-state index < -0.39 is 5.82 Å². The van der Waals surface area contributed by atoms with Gasteiger partial charge in [0.25, 0.3) is 5.91 Å². The first-order chi connectivity index (χ1) is 17.5. The lowest BCUT2D eigenvalue weighted by molar-refractivity contribution is 0.0963. The zero-order valence-corrected chi connectivity index (χ0v) is 20.2. The molecule has 36 heavy (non-hydrogen) atoms. The Balaban J connectivity index is 1.26. The molecule has 0 unspecified atom stereocenters. The Hall–Kier alpha value is -3.97. The van der Waals surface area contributed by atoms with Crippen LogP contribution in [0.15, 0.2) is 79.0 Å². The number of Topliss-reactive ketones (excluding diaryl/α,β-unsaturated/α-hetero) is 1. The first-order valence-electron chi connectivity index (χ1n) is 12.1. The number of para-hydroxylation sites is 3. The van der Waals surface area contributed by atoms with Gasteiger partial charge in [-0.2, -0.15) is 0 Å². The van der Waals surface area contributed by atoms with E-state index in [9.17, 15) is 14.0 Å². The normalized spacial score (nSPS) is 14.2. The number of carbonyl (C=O) groups excluding carboxylic acids is 2. The van der Waals surface area contributed by atoms with Gasteiger partial charge < -0.3 is 9.64 Å². The molecule has 0 bridgehead atoms. The van der Waals surface area contributed by atoms with E-state index in [1.54, 1.807) is 13.3 Å². The van der Waals surface area contributed by atoms with Gasteiger partial charge in [-0.05, 0) is 42.5 Å². The van der Waals surface area contributed by atoms with Gasteiger partial charge in [-0.25, -0.2) is 4.39 Å². The molecule has 1 aliphatic rings. The second-order valence-electron chi connectivity index (χ2n) is 8.92. The predicted octanol–water partition coefficient (Wildman–Crippen LogP) is 4.87. The fraction of sp³-hybridized carbons (Fsp3) is 0.241. The van der Waals surface area contributed by atoms with Crippen LogP contribution in [0.1, 0.15) is 27.1 Å². The van der Waals surface area contributed by atoms with Crippen LogP contribution in [0, 0.1) is 5.82 Å². The molecule has 2 heterocycles. The molecule has 5 rings (SSSR count). The smallest absolute Gasteiger partial charge is 0.262 e. The summed E-state index contributed by atoms with van der Waals surface area (Å²) < 4.78 is 20.3. The predicted molar refractivity (Wildman–Crippen MR) is 139 cm³/mol. The lowest BCUT2D eigenvalue weighted by Crippen LogP contribution is -2.47. The van der Waals surface area contributed by atoms with Gasteiger partial charge in [0.15, 0.2) is 5.78 Å². The number of ether oxygens (including phenoxy) is 1. The number of fused-ring (bicyclic) bond motifs is 1. The first kappa shape index (κ1) is 23.8. The van der Waals surface area contributed by atoms with Gasteiger partial charge >= 0.3 is 0 Å². The lowest BCUT2D eigenvalue weighted by Gasteiger charge is -2.36. The number of halogens is 1. The molecule has 184 valence electrons. The van der Waals surface area contributed by atoms with E-state index >= 15 is 0 Å². The number of aromatic nitrogens is 1. The van der Waals surface area contributed by atoms with Crippen molar-refractivity contribution in [1.29, 1.82) is 0 Å². The molecule has 0 aliphatic carbocycles. The summed E-state index contributed by atoms with van der Waals surface area (Å²) in [5.41, 5.74) is 2.66. The molecular weight excluding hydrogens is 457 g/mol. The maximum atomic E-state index is 13.3. The first-order valence-corrected chi connectivity index (χ1v) is 12.1. The Kier molecular flexibility index (Phi) is 6.82. The topological polar surface area (TPSA) is 54.8 Å². The van der Waals surface area contributed by atoms with Crippen molar-refractivity contribution >= 4 is 28.3 Å². The monoisotopic (exact) mass is 485 g/mol. The van der Waals surface area contributed by atoms with Crippen molar-refractivity contribution in [2.75, 3.05) is 44.7 Å². The number of benzene rings is 3. The number of hydrogen-bond acceptors (Lipinski definition) is 5. The van der Waals surface area contributed by atoms with Crippen LogP contribution in [0.25, 0.3) is 10.9 Å². The molecule has 1 aliphatic heterocycles. The molecule has 0 N–H and O–H groups in total. The number of piperazine rings is 1. The Morgan fingerprint density at radius 3 is 2.33 bits per heavy atom. The molecule has 7 heteroatoms. The number of nitrogens with zero attached hydrogens (tertiary/aromatic N) is 3. The van der Waals surface area contributed by atoms with Crippen LogP contribution in [0.2, 0.25) is 0 Å². The molecule has 1 saturated heterocycles. The molecule has 4 aromatic rings. The number of methoxy groups -OCH3 is 1. The van der Waals surface area contributed by atoms with Crippen molar-refractivity contribution in [2.45, 2.75) is 6.42 Å². The molecule has 0 radical (unpaired) electrons. The molecule has 0 atom stereocenters. The fourth-order valence-corrected chi connectivity index (χ4v) is 4.80. The summed E-state index contributed by atoms with van der Waals surface area (Å²) in [5, 5.41) is 0.749. The lowest BCUT2D eigenvalue weighted by atomic mass is 10.1. The molecule has 0 amide bonds. The van der Waals surface area contributed by atoms with Gasteiger partial charge in [-0.1, -0.05) is 30.3 Å². The van der Waals surface area contributed by atoms with E-state index in [0.29, 0.717) is 29.6 Å². The number of ketones is 1. The van der Waals surface area contributed by atoms with Crippen LogP contribution < -0.4 is 9.64 Å². The summed E-state index contributed by atoms with van der Waals surface area (Å²) in [4.78, 5) is 31.0. The highest BCUT2D eigenvalue weighted by molar-refractivity contribution is 6.12. The minimum Gasteiger partial charge on any atom is -0.495 e. The van der Waals surface area contributed by atoms with Gasteiger partial charge in [0.2, 0.25) is 0 Å². The van der Waals surface area contributed by atoms with Crippen LogP contribution in [0.4, 0.5) is 10.1 Å². The highest BCUT2D eigenvalue weighted by Gasteiger charge is 2.22. The summed E-state index contributed by atoms with van der Waals surface area (Å²) in [6.45, 7) is 4.09. The average molecular weight is 486 g/mol. The van der Waals surface area contributed by atoms with Crippen LogP contribution in [0.5, 0.6) is 5.75 Å². The fourth-order valence-electron chi connectivity index (χ4n) is 4.80. The third-order valence-electron chi connectivity index (χ3n) is 6.78. The number of rotatable bonds is 7. The molecule has 0 spiro atoms. The maximum Gasteiger partial charge on any atom is 0.262 e. The van der Waals surface area contributed by atoms with Crippen LogP contribution >= 0.6 is 0 Å². The van der Waals surface area contributed by atoms with Gasteiger partial charge in [0, 0.05) is 61.9 Å². The quantitative estimate of drug-likeness (QED) is 0.350. The zero-order chi connectivity index (χ0) is 25.1. The number of anilines is 1. The molecule has 0 saturated carbocycles. The minimum absolute atomic E-state index is 0.00372. The Labute approximate surface area is 209 Å². The van der Waals surface area contributed by atoms with Crippen molar-refractivity contribution in [2.24, 2.45) is 0 Å². The second-order valence-corrected chi connectivity index (χ2v) is 8.92. The number of hydrogen-bond donors (Lipinski definition) is 0.